The molecule has 1 heteroatoms. The molecular weight excluding hydrogens is 569 g/mol. The minimum Gasteiger partial charge on any atom is -0.226 e. The van der Waals surface area contributed by atoms with E-state index < -0.39 is 0 Å². The Morgan fingerprint density at radius 2 is 0.561 bits per heavy atom. The quantitative estimate of drug-likeness (QED) is 0.127. The fourth-order valence-corrected chi connectivity index (χ4v) is 3.98. The molecule has 0 atom stereocenters. The van der Waals surface area contributed by atoms with Crippen molar-refractivity contribution in [2.75, 3.05) is 0 Å². The number of benzene rings is 6. The zero-order valence-corrected chi connectivity index (χ0v) is 29.4. The van der Waals surface area contributed by atoms with Crippen LogP contribution in [-0.4, -0.2) is 0 Å². The van der Waals surface area contributed by atoms with Crippen LogP contribution in [0.2, 0.25) is 0 Å². The van der Waals surface area contributed by atoms with Gasteiger partial charge in [0, 0.05) is 32.7 Å². The molecule has 41 heavy (non-hydrogen) atoms. The third-order valence-electron chi connectivity index (χ3n) is 5.36. The second-order valence-electron chi connectivity index (χ2n) is 8.60. The molecule has 0 unspecified atom stereocenters. The molecule has 213 valence electrons. The van der Waals surface area contributed by atoms with Crippen LogP contribution in [-0.2, 0) is 32.7 Å². The van der Waals surface area contributed by atoms with Gasteiger partial charge in [0.2, 0.25) is 0 Å². The van der Waals surface area contributed by atoms with Gasteiger partial charge >= 0.3 is 0 Å². The summed E-state index contributed by atoms with van der Waals surface area (Å²) in [4.78, 5) is 0. The van der Waals surface area contributed by atoms with Gasteiger partial charge in [0.15, 0.2) is 0 Å². The standard InChI is InChI=1S/C18H12.C12H8.2C3H8.2C2H6.Y/c1-2-8-14-13(7-1)15-9-3-4-11-17(15)18-12-6-5-10-16(14)18;1-3-7-11(8-4-1)12-9-5-2-6-10-12;2*1-3-2;2*1-2;/h1-12H;1-7,9H;2*3H2,1-2H3;2*1-2H3;/q;-2;;;;;. The number of rotatable bonds is 1. The molecule has 6 aromatic rings. The van der Waals surface area contributed by atoms with Gasteiger partial charge in [-0.15, -0.1) is 12.1 Å². The van der Waals surface area contributed by atoms with Gasteiger partial charge < -0.3 is 0 Å². The molecule has 0 aliphatic carbocycles. The van der Waals surface area contributed by atoms with E-state index in [-0.39, 0.29) is 32.7 Å². The number of fused-ring (bicyclic) bond motifs is 6. The largest absolute Gasteiger partial charge is 0.226 e. The molecule has 0 fully saturated rings. The maximum atomic E-state index is 3.15. The van der Waals surface area contributed by atoms with Crippen molar-refractivity contribution in [1.29, 1.82) is 0 Å². The average Bonchev–Trinajstić information content (AvgIpc) is 3.05. The zero-order valence-electron chi connectivity index (χ0n) is 26.5. The smallest absolute Gasteiger partial charge is 0 e. The van der Waals surface area contributed by atoms with Crippen LogP contribution in [0.15, 0.2) is 121 Å². The summed E-state index contributed by atoms with van der Waals surface area (Å²) in [5.41, 5.74) is 2.19. The number of hydrogen-bond donors (Lipinski definition) is 0. The first-order valence-corrected chi connectivity index (χ1v) is 15.0. The molecule has 0 saturated carbocycles. The van der Waals surface area contributed by atoms with E-state index in [1.165, 1.54) is 45.2 Å². The molecule has 0 spiro atoms. The van der Waals surface area contributed by atoms with Crippen molar-refractivity contribution in [2.45, 2.75) is 68.2 Å². The first kappa shape index (κ1) is 38.2. The second-order valence-corrected chi connectivity index (χ2v) is 8.60. The van der Waals surface area contributed by atoms with E-state index >= 15 is 0 Å². The summed E-state index contributed by atoms with van der Waals surface area (Å²) >= 11 is 0. The Kier molecular flexibility index (Phi) is 22.2. The molecule has 0 heterocycles. The molecule has 0 amide bonds. The van der Waals surface area contributed by atoms with E-state index in [1.54, 1.807) is 0 Å². The van der Waals surface area contributed by atoms with E-state index in [2.05, 4.69) is 113 Å². The first-order valence-electron chi connectivity index (χ1n) is 15.0. The van der Waals surface area contributed by atoms with Crippen LogP contribution in [0.3, 0.4) is 0 Å². The van der Waals surface area contributed by atoms with Crippen LogP contribution in [0.25, 0.3) is 43.4 Å². The second kappa shape index (κ2) is 23.9. The summed E-state index contributed by atoms with van der Waals surface area (Å²) in [7, 11) is 0. The number of hydrogen-bond acceptors (Lipinski definition) is 0. The van der Waals surface area contributed by atoms with Gasteiger partial charge in [-0.3, -0.25) is 0 Å². The molecule has 1 radical (unpaired) electrons. The van der Waals surface area contributed by atoms with E-state index in [4.69, 9.17) is 0 Å². The summed E-state index contributed by atoms with van der Waals surface area (Å²) in [6, 6.07) is 48.1. The molecule has 0 bridgehead atoms. The Labute approximate surface area is 276 Å². The summed E-state index contributed by atoms with van der Waals surface area (Å²) in [5.74, 6) is 0. The maximum absolute atomic E-state index is 3.15. The molecular formula is C40H48Y-2. The molecule has 0 N–H and O–H groups in total. The van der Waals surface area contributed by atoms with E-state index in [1.807, 2.05) is 76.2 Å². The van der Waals surface area contributed by atoms with E-state index in [0.717, 1.165) is 11.1 Å². The van der Waals surface area contributed by atoms with E-state index in [0.29, 0.717) is 0 Å². The van der Waals surface area contributed by atoms with Gasteiger partial charge in [-0.1, -0.05) is 141 Å². The molecule has 0 aliphatic heterocycles. The SMILES string of the molecule is CC.CC.CCC.CCC.[Y].[c-]1ccccc1-c1[c-]cccc1.c1ccc2c(c1)c1ccccc1c1ccccc21. The van der Waals surface area contributed by atoms with Crippen molar-refractivity contribution in [3.8, 4) is 11.1 Å². The van der Waals surface area contributed by atoms with Crippen LogP contribution >= 0.6 is 0 Å². The Balaban J connectivity index is 0.000000607. The summed E-state index contributed by atoms with van der Waals surface area (Å²) in [6.45, 7) is 16.5. The van der Waals surface area contributed by atoms with Gasteiger partial charge in [-0.2, -0.15) is 48.5 Å². The molecule has 0 aliphatic rings. The predicted octanol–water partition coefficient (Wildman–Crippen LogP) is 13.0. The van der Waals surface area contributed by atoms with Crippen LogP contribution in [0, 0.1) is 12.1 Å². The van der Waals surface area contributed by atoms with Crippen molar-refractivity contribution in [3.63, 3.8) is 0 Å². The monoisotopic (exact) mass is 617 g/mol. The van der Waals surface area contributed by atoms with Crippen molar-refractivity contribution < 1.29 is 32.7 Å². The topological polar surface area (TPSA) is 0 Å². The Hall–Kier alpha value is -2.80. The van der Waals surface area contributed by atoms with Gasteiger partial charge in [-0.25, -0.2) is 11.1 Å². The summed E-state index contributed by atoms with van der Waals surface area (Å²) < 4.78 is 0. The van der Waals surface area contributed by atoms with Gasteiger partial charge in [-0.05, 0) is 32.3 Å². The van der Waals surface area contributed by atoms with Crippen LogP contribution < -0.4 is 0 Å². The van der Waals surface area contributed by atoms with Crippen molar-refractivity contribution >= 4 is 32.3 Å². The molecule has 0 nitrogen and oxygen atoms in total. The molecule has 0 saturated heterocycles. The summed E-state index contributed by atoms with van der Waals surface area (Å²) in [6.07, 6.45) is 2.50. The fraction of sp³-hybridized carbons (Fsp3) is 0.250. The Morgan fingerprint density at radius 3 is 0.732 bits per heavy atom. The minimum atomic E-state index is 0. The van der Waals surface area contributed by atoms with Crippen LogP contribution in [0.4, 0.5) is 0 Å². The average molecular weight is 618 g/mol. The normalized spacial score (nSPS) is 8.98. The Bertz CT molecular complexity index is 1190. The van der Waals surface area contributed by atoms with Crippen molar-refractivity contribution in [2.24, 2.45) is 0 Å². The van der Waals surface area contributed by atoms with E-state index in [9.17, 15) is 0 Å². The maximum Gasteiger partial charge on any atom is 0 e. The van der Waals surface area contributed by atoms with Crippen LogP contribution in [0.1, 0.15) is 68.2 Å². The third-order valence-corrected chi connectivity index (χ3v) is 5.36. The predicted molar refractivity (Wildman–Crippen MR) is 183 cm³/mol. The van der Waals surface area contributed by atoms with Crippen molar-refractivity contribution in [3.05, 3.63) is 133 Å². The van der Waals surface area contributed by atoms with Gasteiger partial charge in [0.1, 0.15) is 0 Å². The fourth-order valence-electron chi connectivity index (χ4n) is 3.98. The Morgan fingerprint density at radius 1 is 0.366 bits per heavy atom. The molecule has 6 rings (SSSR count). The molecule has 0 aromatic heterocycles. The molecule has 6 aromatic carbocycles. The van der Waals surface area contributed by atoms with Crippen LogP contribution in [0.5, 0.6) is 0 Å². The first-order chi connectivity index (χ1) is 19.7. The van der Waals surface area contributed by atoms with Crippen molar-refractivity contribution in [1.82, 2.24) is 0 Å². The minimum absolute atomic E-state index is 0. The van der Waals surface area contributed by atoms with Gasteiger partial charge in [0.05, 0.1) is 0 Å². The summed E-state index contributed by atoms with van der Waals surface area (Å²) in [5, 5.41) is 8.04. The third kappa shape index (κ3) is 11.9. The van der Waals surface area contributed by atoms with Gasteiger partial charge in [0.25, 0.3) is 0 Å². The zero-order chi connectivity index (χ0) is 29.6.